The van der Waals surface area contributed by atoms with E-state index in [1.54, 1.807) is 6.07 Å². The molecule has 0 N–H and O–H groups in total. The zero-order chi connectivity index (χ0) is 15.6. The summed E-state index contributed by atoms with van der Waals surface area (Å²) >= 11 is 5.87. The van der Waals surface area contributed by atoms with Gasteiger partial charge in [0.15, 0.2) is 0 Å². The Balaban J connectivity index is 2.42. The number of aryl methyl sites for hydroxylation is 2. The zero-order valence-corrected chi connectivity index (χ0v) is 12.9. The zero-order valence-electron chi connectivity index (χ0n) is 12.1. The monoisotopic (exact) mass is 305 g/mol. The van der Waals surface area contributed by atoms with Gasteiger partial charge in [-0.2, -0.15) is 0 Å². The van der Waals surface area contributed by atoms with E-state index in [1.807, 2.05) is 26.8 Å². The number of nitro benzene ring substituents is 1. The molecule has 0 unspecified atom stereocenters. The number of ether oxygens (including phenoxy) is 1. The molecule has 0 aliphatic carbocycles. The molecule has 2 aromatic carbocycles. The van der Waals surface area contributed by atoms with E-state index in [0.29, 0.717) is 11.3 Å². The molecule has 4 nitrogen and oxygen atoms in total. The normalized spacial score (nSPS) is 10.5. The summed E-state index contributed by atoms with van der Waals surface area (Å²) in [7, 11) is 0. The average molecular weight is 306 g/mol. The summed E-state index contributed by atoms with van der Waals surface area (Å²) in [6.45, 7) is 6.00. The van der Waals surface area contributed by atoms with Crippen LogP contribution in [0.1, 0.15) is 22.3 Å². The number of benzene rings is 2. The van der Waals surface area contributed by atoms with Crippen molar-refractivity contribution in [3.05, 3.63) is 62.7 Å². The summed E-state index contributed by atoms with van der Waals surface area (Å²) in [5.41, 5.74) is 3.89. The lowest BCUT2D eigenvalue weighted by molar-refractivity contribution is -0.384. The number of rotatable bonds is 4. The van der Waals surface area contributed by atoms with Crippen LogP contribution in [0.5, 0.6) is 11.5 Å². The number of non-ortho nitro benzene ring substituents is 1. The number of halogens is 1. The van der Waals surface area contributed by atoms with Gasteiger partial charge in [0.2, 0.25) is 0 Å². The van der Waals surface area contributed by atoms with Crippen molar-refractivity contribution in [2.24, 2.45) is 0 Å². The van der Waals surface area contributed by atoms with Gasteiger partial charge in [-0.05, 0) is 49.6 Å². The molecule has 0 heterocycles. The highest BCUT2D eigenvalue weighted by molar-refractivity contribution is 6.17. The molecule has 0 radical (unpaired) electrons. The highest BCUT2D eigenvalue weighted by Gasteiger charge is 2.13. The van der Waals surface area contributed by atoms with Crippen molar-refractivity contribution in [1.82, 2.24) is 0 Å². The molecule has 0 saturated heterocycles. The van der Waals surface area contributed by atoms with E-state index >= 15 is 0 Å². The lowest BCUT2D eigenvalue weighted by Crippen LogP contribution is -1.96. The molecule has 5 heteroatoms. The van der Waals surface area contributed by atoms with Crippen LogP contribution in [0.25, 0.3) is 0 Å². The maximum absolute atomic E-state index is 10.8. The Kier molecular flexibility index (Phi) is 4.48. The van der Waals surface area contributed by atoms with Gasteiger partial charge in [0.1, 0.15) is 11.5 Å². The van der Waals surface area contributed by atoms with Crippen molar-refractivity contribution >= 4 is 17.3 Å². The largest absolute Gasteiger partial charge is 0.457 e. The summed E-state index contributed by atoms with van der Waals surface area (Å²) < 4.78 is 5.92. The SMILES string of the molecule is Cc1cc(C)c(C)c(Oc2ccc([N+](=O)[O-])cc2CCl)c1. The van der Waals surface area contributed by atoms with Crippen LogP contribution in [-0.2, 0) is 5.88 Å². The number of nitro groups is 1. The highest BCUT2D eigenvalue weighted by Crippen LogP contribution is 2.33. The van der Waals surface area contributed by atoms with E-state index in [4.69, 9.17) is 16.3 Å². The van der Waals surface area contributed by atoms with Crippen molar-refractivity contribution in [3.63, 3.8) is 0 Å². The van der Waals surface area contributed by atoms with E-state index < -0.39 is 4.92 Å². The number of alkyl halides is 1. The van der Waals surface area contributed by atoms with Gasteiger partial charge >= 0.3 is 0 Å². The molecular weight excluding hydrogens is 290 g/mol. The van der Waals surface area contributed by atoms with Gasteiger partial charge in [0.25, 0.3) is 5.69 Å². The molecule has 0 aliphatic rings. The van der Waals surface area contributed by atoms with Crippen LogP contribution in [-0.4, -0.2) is 4.92 Å². The third-order valence-corrected chi connectivity index (χ3v) is 3.67. The first kappa shape index (κ1) is 15.3. The molecule has 0 fully saturated rings. The molecule has 2 aromatic rings. The minimum Gasteiger partial charge on any atom is -0.457 e. The maximum atomic E-state index is 10.8. The van der Waals surface area contributed by atoms with E-state index in [9.17, 15) is 10.1 Å². The van der Waals surface area contributed by atoms with Gasteiger partial charge in [-0.3, -0.25) is 10.1 Å². The second kappa shape index (κ2) is 6.14. The average Bonchev–Trinajstić information content (AvgIpc) is 2.44. The van der Waals surface area contributed by atoms with Crippen LogP contribution in [0, 0.1) is 30.9 Å². The Morgan fingerprint density at radius 2 is 1.86 bits per heavy atom. The van der Waals surface area contributed by atoms with E-state index in [-0.39, 0.29) is 11.6 Å². The fourth-order valence-corrected chi connectivity index (χ4v) is 2.32. The lowest BCUT2D eigenvalue weighted by Gasteiger charge is -2.14. The van der Waals surface area contributed by atoms with Crippen molar-refractivity contribution in [2.45, 2.75) is 26.7 Å². The molecule has 0 atom stereocenters. The van der Waals surface area contributed by atoms with Crippen LogP contribution >= 0.6 is 11.6 Å². The van der Waals surface area contributed by atoms with Gasteiger partial charge < -0.3 is 4.74 Å². The Bertz CT molecular complexity index is 698. The van der Waals surface area contributed by atoms with Crippen LogP contribution < -0.4 is 4.74 Å². The van der Waals surface area contributed by atoms with E-state index in [1.165, 1.54) is 12.1 Å². The minimum atomic E-state index is -0.443. The summed E-state index contributed by atoms with van der Waals surface area (Å²) in [4.78, 5) is 10.4. The van der Waals surface area contributed by atoms with Gasteiger partial charge in [-0.15, -0.1) is 11.6 Å². The molecule has 0 aliphatic heterocycles. The Morgan fingerprint density at radius 3 is 2.48 bits per heavy atom. The van der Waals surface area contributed by atoms with Crippen molar-refractivity contribution in [3.8, 4) is 11.5 Å². The minimum absolute atomic E-state index is 0.00939. The second-order valence-electron chi connectivity index (χ2n) is 4.99. The Morgan fingerprint density at radius 1 is 1.14 bits per heavy atom. The second-order valence-corrected chi connectivity index (χ2v) is 5.26. The van der Waals surface area contributed by atoms with Gasteiger partial charge in [0.05, 0.1) is 10.8 Å². The molecular formula is C16H16ClNO3. The molecule has 21 heavy (non-hydrogen) atoms. The first-order valence-electron chi connectivity index (χ1n) is 6.51. The predicted octanol–water partition coefficient (Wildman–Crippen LogP) is 5.05. The Hall–Kier alpha value is -2.07. The predicted molar refractivity (Wildman–Crippen MR) is 83.4 cm³/mol. The molecule has 0 saturated carbocycles. The van der Waals surface area contributed by atoms with Crippen LogP contribution in [0.2, 0.25) is 0 Å². The first-order chi connectivity index (χ1) is 9.92. The molecule has 0 amide bonds. The molecule has 110 valence electrons. The van der Waals surface area contributed by atoms with Crippen molar-refractivity contribution in [2.75, 3.05) is 0 Å². The third-order valence-electron chi connectivity index (χ3n) is 3.38. The lowest BCUT2D eigenvalue weighted by atomic mass is 10.1. The summed E-state index contributed by atoms with van der Waals surface area (Å²) in [6, 6.07) is 8.49. The van der Waals surface area contributed by atoms with Crippen LogP contribution in [0.3, 0.4) is 0 Å². The molecule has 2 rings (SSSR count). The third kappa shape index (κ3) is 3.34. The summed E-state index contributed by atoms with van der Waals surface area (Å²) in [6.07, 6.45) is 0. The fraction of sp³-hybridized carbons (Fsp3) is 0.250. The maximum Gasteiger partial charge on any atom is 0.270 e. The highest BCUT2D eigenvalue weighted by atomic mass is 35.5. The topological polar surface area (TPSA) is 52.4 Å². The standard InChI is InChI=1S/C16H16ClNO3/c1-10-6-11(2)12(3)16(7-10)21-15-5-4-14(18(19)20)8-13(15)9-17/h4-8H,9H2,1-3H3. The molecule has 0 spiro atoms. The van der Waals surface area contributed by atoms with Crippen LogP contribution in [0.15, 0.2) is 30.3 Å². The quantitative estimate of drug-likeness (QED) is 0.451. The van der Waals surface area contributed by atoms with E-state index in [2.05, 4.69) is 6.07 Å². The van der Waals surface area contributed by atoms with Crippen molar-refractivity contribution in [1.29, 1.82) is 0 Å². The smallest absolute Gasteiger partial charge is 0.270 e. The van der Waals surface area contributed by atoms with Crippen molar-refractivity contribution < 1.29 is 9.66 Å². The number of hydrogen-bond donors (Lipinski definition) is 0. The number of hydrogen-bond acceptors (Lipinski definition) is 3. The Labute approximate surface area is 128 Å². The number of nitrogens with zero attached hydrogens (tertiary/aromatic N) is 1. The van der Waals surface area contributed by atoms with Gasteiger partial charge in [-0.1, -0.05) is 6.07 Å². The van der Waals surface area contributed by atoms with E-state index in [0.717, 1.165) is 22.4 Å². The summed E-state index contributed by atoms with van der Waals surface area (Å²) in [5.74, 6) is 1.44. The molecule has 0 aromatic heterocycles. The van der Waals surface area contributed by atoms with Gasteiger partial charge in [-0.25, -0.2) is 0 Å². The van der Waals surface area contributed by atoms with Crippen LogP contribution in [0.4, 0.5) is 5.69 Å². The fourth-order valence-electron chi connectivity index (χ4n) is 2.11. The first-order valence-corrected chi connectivity index (χ1v) is 7.05. The summed E-state index contributed by atoms with van der Waals surface area (Å²) in [5, 5.41) is 10.8. The van der Waals surface area contributed by atoms with Gasteiger partial charge in [0, 0.05) is 17.7 Å². The molecule has 0 bridgehead atoms.